The van der Waals surface area contributed by atoms with Gasteiger partial charge in [0.1, 0.15) is 0 Å². The summed E-state index contributed by atoms with van der Waals surface area (Å²) >= 11 is 0. The van der Waals surface area contributed by atoms with Crippen LogP contribution in [0.5, 0.6) is 0 Å². The Labute approximate surface area is 128 Å². The smallest absolute Gasteiger partial charge is 0.221 e. The minimum Gasteiger partial charge on any atom is -0.326 e. The molecule has 0 radical (unpaired) electrons. The Balaban J connectivity index is 1.92. The fourth-order valence-corrected chi connectivity index (χ4v) is 2.25. The van der Waals surface area contributed by atoms with Crippen molar-refractivity contribution in [2.24, 2.45) is 7.05 Å². The Morgan fingerprint density at radius 1 is 1.00 bits per heavy atom. The van der Waals surface area contributed by atoms with Crippen molar-refractivity contribution >= 4 is 11.6 Å². The molecule has 2 aromatic carbocycles. The topological polar surface area (TPSA) is 59.8 Å². The van der Waals surface area contributed by atoms with Gasteiger partial charge in [0.05, 0.1) is 0 Å². The average Bonchev–Trinajstić information content (AvgIpc) is 2.90. The highest BCUT2D eigenvalue weighted by Gasteiger charge is 2.10. The summed E-state index contributed by atoms with van der Waals surface area (Å²) in [5, 5.41) is 7.21. The standard InChI is InChI=1S/C17H16N4O/c1-12(22)18-15-10-8-14(9-11-15)17-19-16(20-21(17)2)13-6-4-3-5-7-13/h3-11H,1-2H3,(H,18,22). The van der Waals surface area contributed by atoms with E-state index >= 15 is 0 Å². The Hall–Kier alpha value is -2.95. The van der Waals surface area contributed by atoms with Gasteiger partial charge in [0.2, 0.25) is 5.91 Å². The molecule has 1 amide bonds. The normalized spacial score (nSPS) is 10.5. The summed E-state index contributed by atoms with van der Waals surface area (Å²) in [4.78, 5) is 15.7. The quantitative estimate of drug-likeness (QED) is 0.807. The maximum atomic E-state index is 11.0. The number of anilines is 1. The third-order valence-corrected chi connectivity index (χ3v) is 3.26. The number of benzene rings is 2. The van der Waals surface area contributed by atoms with Gasteiger partial charge in [-0.3, -0.25) is 4.79 Å². The largest absolute Gasteiger partial charge is 0.326 e. The first-order valence-corrected chi connectivity index (χ1v) is 6.98. The van der Waals surface area contributed by atoms with Gasteiger partial charge in [0, 0.05) is 30.8 Å². The zero-order valence-electron chi connectivity index (χ0n) is 12.4. The summed E-state index contributed by atoms with van der Waals surface area (Å²) in [6.45, 7) is 1.49. The Kier molecular flexibility index (Phi) is 3.70. The molecule has 0 saturated heterocycles. The summed E-state index contributed by atoms with van der Waals surface area (Å²) < 4.78 is 1.76. The lowest BCUT2D eigenvalue weighted by atomic mass is 10.2. The molecule has 5 nitrogen and oxygen atoms in total. The molecule has 0 aliphatic rings. The van der Waals surface area contributed by atoms with Gasteiger partial charge in [-0.05, 0) is 24.3 Å². The first-order valence-electron chi connectivity index (χ1n) is 6.98. The molecule has 0 aliphatic carbocycles. The van der Waals surface area contributed by atoms with Crippen molar-refractivity contribution in [2.75, 3.05) is 5.32 Å². The number of aromatic nitrogens is 3. The van der Waals surface area contributed by atoms with E-state index in [9.17, 15) is 4.79 Å². The second kappa shape index (κ2) is 5.81. The van der Waals surface area contributed by atoms with Gasteiger partial charge < -0.3 is 5.32 Å². The van der Waals surface area contributed by atoms with Crippen LogP contribution < -0.4 is 5.32 Å². The van der Waals surface area contributed by atoms with Crippen molar-refractivity contribution in [3.63, 3.8) is 0 Å². The molecule has 0 spiro atoms. The van der Waals surface area contributed by atoms with E-state index < -0.39 is 0 Å². The summed E-state index contributed by atoms with van der Waals surface area (Å²) in [5.41, 5.74) is 2.70. The fraction of sp³-hybridized carbons (Fsp3) is 0.118. The number of carbonyl (C=O) groups is 1. The molecule has 0 fully saturated rings. The first kappa shape index (κ1) is 14.0. The average molecular weight is 292 g/mol. The maximum absolute atomic E-state index is 11.0. The summed E-state index contributed by atoms with van der Waals surface area (Å²) in [5.74, 6) is 1.40. The van der Waals surface area contributed by atoms with E-state index in [0.29, 0.717) is 5.82 Å². The highest BCUT2D eigenvalue weighted by atomic mass is 16.1. The third kappa shape index (κ3) is 2.88. The van der Waals surface area contributed by atoms with Gasteiger partial charge in [-0.2, -0.15) is 5.10 Å². The van der Waals surface area contributed by atoms with Crippen LogP contribution >= 0.6 is 0 Å². The van der Waals surface area contributed by atoms with Gasteiger partial charge >= 0.3 is 0 Å². The van der Waals surface area contributed by atoms with Crippen molar-refractivity contribution < 1.29 is 4.79 Å². The summed E-state index contributed by atoms with van der Waals surface area (Å²) in [6, 6.07) is 17.4. The highest BCUT2D eigenvalue weighted by molar-refractivity contribution is 5.88. The van der Waals surface area contributed by atoms with Crippen LogP contribution in [-0.4, -0.2) is 20.7 Å². The van der Waals surface area contributed by atoms with E-state index in [4.69, 9.17) is 0 Å². The van der Waals surface area contributed by atoms with E-state index in [1.165, 1.54) is 6.92 Å². The van der Waals surface area contributed by atoms with Crippen LogP contribution in [0.15, 0.2) is 54.6 Å². The Morgan fingerprint density at radius 2 is 1.68 bits per heavy atom. The van der Waals surface area contributed by atoms with Gasteiger partial charge in [0.15, 0.2) is 11.6 Å². The number of aryl methyl sites for hydroxylation is 1. The molecule has 110 valence electrons. The lowest BCUT2D eigenvalue weighted by molar-refractivity contribution is -0.114. The van der Waals surface area contributed by atoms with Crippen LogP contribution in [-0.2, 0) is 11.8 Å². The minimum absolute atomic E-state index is 0.0854. The number of amides is 1. The van der Waals surface area contributed by atoms with E-state index in [1.54, 1.807) is 4.68 Å². The number of nitrogens with one attached hydrogen (secondary N) is 1. The fourth-order valence-electron chi connectivity index (χ4n) is 2.25. The van der Waals surface area contributed by atoms with E-state index in [0.717, 1.165) is 22.6 Å². The lowest BCUT2D eigenvalue weighted by Crippen LogP contribution is -2.05. The summed E-state index contributed by atoms with van der Waals surface area (Å²) in [6.07, 6.45) is 0. The molecule has 1 N–H and O–H groups in total. The summed E-state index contributed by atoms with van der Waals surface area (Å²) in [7, 11) is 1.87. The van der Waals surface area contributed by atoms with Gasteiger partial charge in [0.25, 0.3) is 0 Å². The molecule has 1 heterocycles. The Morgan fingerprint density at radius 3 is 2.32 bits per heavy atom. The molecule has 5 heteroatoms. The van der Waals surface area contributed by atoms with Crippen LogP contribution in [0.2, 0.25) is 0 Å². The highest BCUT2D eigenvalue weighted by Crippen LogP contribution is 2.23. The van der Waals surface area contributed by atoms with Gasteiger partial charge in [-0.15, -0.1) is 0 Å². The maximum Gasteiger partial charge on any atom is 0.221 e. The zero-order valence-corrected chi connectivity index (χ0v) is 12.4. The van der Waals surface area contributed by atoms with Crippen LogP contribution in [0.4, 0.5) is 5.69 Å². The van der Waals surface area contributed by atoms with Crippen LogP contribution in [0.3, 0.4) is 0 Å². The van der Waals surface area contributed by atoms with E-state index in [2.05, 4.69) is 15.4 Å². The molecule has 0 saturated carbocycles. The van der Waals surface area contributed by atoms with Crippen LogP contribution in [0.1, 0.15) is 6.92 Å². The van der Waals surface area contributed by atoms with Crippen LogP contribution in [0.25, 0.3) is 22.8 Å². The molecule has 0 bridgehead atoms. The molecule has 3 aromatic rings. The molecule has 1 aromatic heterocycles. The number of hydrogen-bond acceptors (Lipinski definition) is 3. The van der Waals surface area contributed by atoms with Crippen molar-refractivity contribution in [1.82, 2.24) is 14.8 Å². The molecule has 3 rings (SSSR count). The molecule has 0 atom stereocenters. The Bertz CT molecular complexity index is 791. The van der Waals surface area contributed by atoms with Crippen molar-refractivity contribution in [2.45, 2.75) is 6.92 Å². The van der Waals surface area contributed by atoms with Crippen molar-refractivity contribution in [3.05, 3.63) is 54.6 Å². The number of nitrogens with zero attached hydrogens (tertiary/aromatic N) is 3. The zero-order chi connectivity index (χ0) is 15.5. The minimum atomic E-state index is -0.0854. The van der Waals surface area contributed by atoms with Crippen LogP contribution in [0, 0.1) is 0 Å². The molecule has 22 heavy (non-hydrogen) atoms. The van der Waals surface area contributed by atoms with E-state index in [1.807, 2.05) is 61.6 Å². The van der Waals surface area contributed by atoms with Gasteiger partial charge in [-0.25, -0.2) is 9.67 Å². The second-order valence-electron chi connectivity index (χ2n) is 5.01. The van der Waals surface area contributed by atoms with E-state index in [-0.39, 0.29) is 5.91 Å². The lowest BCUT2D eigenvalue weighted by Gasteiger charge is -2.03. The van der Waals surface area contributed by atoms with Crippen molar-refractivity contribution in [3.8, 4) is 22.8 Å². The first-order chi connectivity index (χ1) is 10.6. The molecular formula is C17H16N4O. The molecule has 0 unspecified atom stereocenters. The van der Waals surface area contributed by atoms with Crippen molar-refractivity contribution in [1.29, 1.82) is 0 Å². The predicted molar refractivity (Wildman–Crippen MR) is 86.2 cm³/mol. The SMILES string of the molecule is CC(=O)Nc1ccc(-c2nc(-c3ccccc3)nn2C)cc1. The predicted octanol–water partition coefficient (Wildman–Crippen LogP) is 3.11. The number of hydrogen-bond donors (Lipinski definition) is 1. The monoisotopic (exact) mass is 292 g/mol. The number of carbonyl (C=O) groups excluding carboxylic acids is 1. The second-order valence-corrected chi connectivity index (χ2v) is 5.01. The third-order valence-electron chi connectivity index (χ3n) is 3.26. The van der Waals surface area contributed by atoms with Gasteiger partial charge in [-0.1, -0.05) is 30.3 Å². The molecule has 0 aliphatic heterocycles. The number of rotatable bonds is 3. The molecular weight excluding hydrogens is 276 g/mol.